The Labute approximate surface area is 183 Å². The molecule has 1 fully saturated rings. The zero-order chi connectivity index (χ0) is 22.1. The van der Waals surface area contributed by atoms with Gasteiger partial charge in [0, 0.05) is 12.1 Å². The van der Waals surface area contributed by atoms with Gasteiger partial charge in [0.2, 0.25) is 5.91 Å². The van der Waals surface area contributed by atoms with Gasteiger partial charge >= 0.3 is 0 Å². The molecule has 1 saturated heterocycles. The van der Waals surface area contributed by atoms with E-state index >= 15 is 0 Å². The molecular formula is C24H31N3O4. The van der Waals surface area contributed by atoms with Crippen molar-refractivity contribution in [1.82, 2.24) is 10.6 Å². The van der Waals surface area contributed by atoms with Gasteiger partial charge in [0.05, 0.1) is 19.4 Å². The molecule has 0 radical (unpaired) electrons. The Morgan fingerprint density at radius 3 is 2.48 bits per heavy atom. The van der Waals surface area contributed by atoms with Gasteiger partial charge in [0.25, 0.3) is 5.91 Å². The van der Waals surface area contributed by atoms with Crippen LogP contribution in [0.25, 0.3) is 0 Å². The summed E-state index contributed by atoms with van der Waals surface area (Å²) < 4.78 is 10.9. The van der Waals surface area contributed by atoms with Crippen LogP contribution in [0.1, 0.15) is 30.1 Å². The zero-order valence-corrected chi connectivity index (χ0v) is 18.2. The molecule has 1 aliphatic rings. The van der Waals surface area contributed by atoms with Crippen molar-refractivity contribution in [2.45, 2.75) is 19.8 Å². The van der Waals surface area contributed by atoms with Crippen molar-refractivity contribution >= 4 is 17.5 Å². The first-order valence-corrected chi connectivity index (χ1v) is 10.8. The molecule has 2 amide bonds. The lowest BCUT2D eigenvalue weighted by Gasteiger charge is -2.26. The second-order valence-corrected chi connectivity index (χ2v) is 7.52. The summed E-state index contributed by atoms with van der Waals surface area (Å²) in [6, 6.07) is 14.1. The highest BCUT2D eigenvalue weighted by Crippen LogP contribution is 2.29. The van der Waals surface area contributed by atoms with Crippen molar-refractivity contribution in [2.75, 3.05) is 44.8 Å². The Bertz CT molecular complexity index is 863. The first-order valence-electron chi connectivity index (χ1n) is 10.8. The number of nitrogens with zero attached hydrogens (tertiary/aromatic N) is 1. The highest BCUT2D eigenvalue weighted by Gasteiger charge is 2.24. The molecule has 0 aromatic heterocycles. The van der Waals surface area contributed by atoms with E-state index in [0.717, 1.165) is 25.9 Å². The van der Waals surface area contributed by atoms with Crippen LogP contribution in [0.2, 0.25) is 0 Å². The molecule has 0 atom stereocenters. The number of carbonyl (C=O) groups excluding carboxylic acids is 2. The van der Waals surface area contributed by atoms with Gasteiger partial charge < -0.3 is 20.1 Å². The maximum atomic E-state index is 13.4. The van der Waals surface area contributed by atoms with Gasteiger partial charge in [0.15, 0.2) is 0 Å². The third-order valence-electron chi connectivity index (χ3n) is 5.39. The van der Waals surface area contributed by atoms with Gasteiger partial charge in [-0.25, -0.2) is 0 Å². The van der Waals surface area contributed by atoms with Crippen molar-refractivity contribution in [3.63, 3.8) is 0 Å². The summed E-state index contributed by atoms with van der Waals surface area (Å²) in [6.45, 7) is 4.84. The summed E-state index contributed by atoms with van der Waals surface area (Å²) in [5, 5.41) is 6.33. The largest absolute Gasteiger partial charge is 0.497 e. The summed E-state index contributed by atoms with van der Waals surface area (Å²) in [5.74, 6) is 1.24. The SMILES string of the molecule is CCOc1ccccc1N(CC(=O)NCC1CCNCC1)C(=O)c1ccc(OC)cc1. The van der Waals surface area contributed by atoms with Gasteiger partial charge in [-0.05, 0) is 75.2 Å². The average Bonchev–Trinajstić information content (AvgIpc) is 2.82. The number of hydrogen-bond donors (Lipinski definition) is 2. The number of rotatable bonds is 9. The number of carbonyl (C=O) groups is 2. The number of para-hydroxylation sites is 2. The van der Waals surface area contributed by atoms with Gasteiger partial charge in [0.1, 0.15) is 18.0 Å². The van der Waals surface area contributed by atoms with Crippen molar-refractivity contribution in [2.24, 2.45) is 5.92 Å². The summed E-state index contributed by atoms with van der Waals surface area (Å²) in [7, 11) is 1.58. The first-order chi connectivity index (χ1) is 15.1. The zero-order valence-electron chi connectivity index (χ0n) is 18.2. The van der Waals surface area contributed by atoms with Crippen LogP contribution in [0.4, 0.5) is 5.69 Å². The Morgan fingerprint density at radius 1 is 1.10 bits per heavy atom. The van der Waals surface area contributed by atoms with Gasteiger partial charge in [-0.2, -0.15) is 0 Å². The number of piperidine rings is 1. The predicted molar refractivity (Wildman–Crippen MR) is 121 cm³/mol. The van der Waals surface area contributed by atoms with E-state index in [-0.39, 0.29) is 18.4 Å². The Kier molecular flexibility index (Phi) is 8.29. The summed E-state index contributed by atoms with van der Waals surface area (Å²) in [6.07, 6.45) is 2.09. The number of benzene rings is 2. The minimum absolute atomic E-state index is 0.0834. The molecule has 7 heteroatoms. The molecule has 7 nitrogen and oxygen atoms in total. The fraction of sp³-hybridized carbons (Fsp3) is 0.417. The third-order valence-corrected chi connectivity index (χ3v) is 5.39. The lowest BCUT2D eigenvalue weighted by molar-refractivity contribution is -0.119. The summed E-state index contributed by atoms with van der Waals surface area (Å²) in [5.41, 5.74) is 1.04. The smallest absolute Gasteiger partial charge is 0.258 e. The monoisotopic (exact) mass is 425 g/mol. The van der Waals surface area contributed by atoms with Crippen LogP contribution in [0.5, 0.6) is 11.5 Å². The normalized spacial score (nSPS) is 14.0. The minimum atomic E-state index is -0.271. The molecule has 0 aliphatic carbocycles. The van der Waals surface area contributed by atoms with Crippen molar-refractivity contribution < 1.29 is 19.1 Å². The van der Waals surface area contributed by atoms with E-state index in [1.54, 1.807) is 43.5 Å². The van der Waals surface area contributed by atoms with Gasteiger partial charge in [-0.15, -0.1) is 0 Å². The van der Waals surface area contributed by atoms with E-state index in [1.165, 1.54) is 4.90 Å². The lowest BCUT2D eigenvalue weighted by Crippen LogP contribution is -2.43. The number of ether oxygens (including phenoxy) is 2. The van der Waals surface area contributed by atoms with Crippen LogP contribution < -0.4 is 25.0 Å². The summed E-state index contributed by atoms with van der Waals surface area (Å²) in [4.78, 5) is 27.7. The first kappa shape index (κ1) is 22.6. The topological polar surface area (TPSA) is 79.9 Å². The molecule has 2 aromatic rings. The number of hydrogen-bond acceptors (Lipinski definition) is 5. The Balaban J connectivity index is 1.79. The van der Waals surface area contributed by atoms with Crippen LogP contribution in [-0.4, -0.2) is 51.7 Å². The van der Waals surface area contributed by atoms with Gasteiger partial charge in [-0.3, -0.25) is 14.5 Å². The molecule has 31 heavy (non-hydrogen) atoms. The van der Waals surface area contributed by atoms with Crippen LogP contribution in [0.15, 0.2) is 48.5 Å². The van der Waals surface area contributed by atoms with Crippen LogP contribution >= 0.6 is 0 Å². The van der Waals surface area contributed by atoms with Crippen LogP contribution in [0.3, 0.4) is 0 Å². The second-order valence-electron chi connectivity index (χ2n) is 7.52. The fourth-order valence-corrected chi connectivity index (χ4v) is 3.66. The molecule has 1 aliphatic heterocycles. The molecule has 3 rings (SSSR count). The number of anilines is 1. The minimum Gasteiger partial charge on any atom is -0.497 e. The van der Waals surface area contributed by atoms with E-state index in [1.807, 2.05) is 19.1 Å². The summed E-state index contributed by atoms with van der Waals surface area (Å²) >= 11 is 0. The molecule has 1 heterocycles. The Morgan fingerprint density at radius 2 is 1.81 bits per heavy atom. The standard InChI is InChI=1S/C24H31N3O4/c1-3-31-22-7-5-4-6-21(22)27(24(29)19-8-10-20(30-2)11-9-19)17-23(28)26-16-18-12-14-25-15-13-18/h4-11,18,25H,3,12-17H2,1-2H3,(H,26,28). The van der Waals surface area contributed by atoms with Crippen molar-refractivity contribution in [3.8, 4) is 11.5 Å². The quantitative estimate of drug-likeness (QED) is 0.646. The molecule has 0 saturated carbocycles. The lowest BCUT2D eigenvalue weighted by atomic mass is 9.98. The third kappa shape index (κ3) is 6.21. The molecule has 0 bridgehead atoms. The van der Waals surface area contributed by atoms with Crippen LogP contribution in [0, 0.1) is 5.92 Å². The maximum Gasteiger partial charge on any atom is 0.258 e. The molecule has 2 aromatic carbocycles. The van der Waals surface area contributed by atoms with Crippen LogP contribution in [-0.2, 0) is 4.79 Å². The van der Waals surface area contributed by atoms with Gasteiger partial charge in [-0.1, -0.05) is 12.1 Å². The molecule has 0 unspecified atom stereocenters. The molecule has 166 valence electrons. The maximum absolute atomic E-state index is 13.4. The van der Waals surface area contributed by atoms with E-state index in [4.69, 9.17) is 9.47 Å². The molecule has 0 spiro atoms. The number of methoxy groups -OCH3 is 1. The Hall–Kier alpha value is -3.06. The average molecular weight is 426 g/mol. The number of nitrogens with one attached hydrogen (secondary N) is 2. The van der Waals surface area contributed by atoms with Crippen molar-refractivity contribution in [3.05, 3.63) is 54.1 Å². The highest BCUT2D eigenvalue weighted by molar-refractivity contribution is 6.09. The highest BCUT2D eigenvalue weighted by atomic mass is 16.5. The van der Waals surface area contributed by atoms with E-state index < -0.39 is 0 Å². The van der Waals surface area contributed by atoms with E-state index in [9.17, 15) is 9.59 Å². The van der Waals surface area contributed by atoms with E-state index in [2.05, 4.69) is 10.6 Å². The van der Waals surface area contributed by atoms with E-state index in [0.29, 0.717) is 41.8 Å². The second kappa shape index (κ2) is 11.4. The van der Waals surface area contributed by atoms with Crippen molar-refractivity contribution in [1.29, 1.82) is 0 Å². The fourth-order valence-electron chi connectivity index (χ4n) is 3.66. The predicted octanol–water partition coefficient (Wildman–Crippen LogP) is 2.86. The molecular weight excluding hydrogens is 394 g/mol. The number of amides is 2. The molecule has 2 N–H and O–H groups in total.